The molecular weight excluding hydrogens is 246 g/mol. The van der Waals surface area contributed by atoms with Gasteiger partial charge in [-0.15, -0.1) is 0 Å². The highest BCUT2D eigenvalue weighted by Crippen LogP contribution is 2.29. The van der Waals surface area contributed by atoms with E-state index in [0.717, 1.165) is 30.9 Å². The second-order valence-corrected chi connectivity index (χ2v) is 5.70. The van der Waals surface area contributed by atoms with Gasteiger partial charge in [0.05, 0.1) is 11.6 Å². The molecule has 0 fully saturated rings. The second kappa shape index (κ2) is 7.65. The SMILES string of the molecule is CC(C)CCOc1c(Cl)cccc1CNC(C)C. The monoisotopic (exact) mass is 269 g/mol. The van der Waals surface area contributed by atoms with E-state index in [2.05, 4.69) is 39.1 Å². The highest BCUT2D eigenvalue weighted by atomic mass is 35.5. The molecule has 0 heterocycles. The molecule has 18 heavy (non-hydrogen) atoms. The van der Waals surface area contributed by atoms with Crippen LogP contribution in [0, 0.1) is 5.92 Å². The first-order valence-electron chi connectivity index (χ1n) is 6.64. The van der Waals surface area contributed by atoms with Crippen LogP contribution in [0.3, 0.4) is 0 Å². The van der Waals surface area contributed by atoms with Gasteiger partial charge in [0.25, 0.3) is 0 Å². The van der Waals surface area contributed by atoms with Crippen LogP contribution in [0.2, 0.25) is 5.02 Å². The Bertz CT molecular complexity index is 364. The Kier molecular flexibility index (Phi) is 6.51. The van der Waals surface area contributed by atoms with Crippen molar-refractivity contribution in [1.82, 2.24) is 5.32 Å². The molecule has 0 radical (unpaired) electrons. The fourth-order valence-electron chi connectivity index (χ4n) is 1.57. The minimum absolute atomic E-state index is 0.451. The summed E-state index contributed by atoms with van der Waals surface area (Å²) in [5, 5.41) is 4.09. The molecule has 0 unspecified atom stereocenters. The summed E-state index contributed by atoms with van der Waals surface area (Å²) in [4.78, 5) is 0. The average Bonchev–Trinajstić information content (AvgIpc) is 2.28. The Morgan fingerprint density at radius 1 is 1.22 bits per heavy atom. The number of ether oxygens (including phenoxy) is 1. The molecule has 0 aliphatic heterocycles. The van der Waals surface area contributed by atoms with Gasteiger partial charge in [-0.25, -0.2) is 0 Å². The van der Waals surface area contributed by atoms with Crippen molar-refractivity contribution in [1.29, 1.82) is 0 Å². The van der Waals surface area contributed by atoms with E-state index in [1.807, 2.05) is 12.1 Å². The Balaban J connectivity index is 2.67. The summed E-state index contributed by atoms with van der Waals surface area (Å²) in [6.07, 6.45) is 1.04. The van der Waals surface area contributed by atoms with E-state index in [4.69, 9.17) is 16.3 Å². The minimum Gasteiger partial charge on any atom is -0.492 e. The van der Waals surface area contributed by atoms with Crippen LogP contribution in [0.25, 0.3) is 0 Å². The first kappa shape index (κ1) is 15.3. The third-order valence-electron chi connectivity index (χ3n) is 2.69. The summed E-state index contributed by atoms with van der Waals surface area (Å²) >= 11 is 6.21. The first-order valence-corrected chi connectivity index (χ1v) is 7.02. The molecule has 102 valence electrons. The van der Waals surface area contributed by atoms with Crippen LogP contribution in [0.15, 0.2) is 18.2 Å². The van der Waals surface area contributed by atoms with E-state index in [-0.39, 0.29) is 0 Å². The molecule has 0 saturated heterocycles. The summed E-state index contributed by atoms with van der Waals surface area (Å²) in [5.41, 5.74) is 1.12. The predicted octanol–water partition coefficient (Wildman–Crippen LogP) is 4.26. The lowest BCUT2D eigenvalue weighted by Crippen LogP contribution is -2.22. The van der Waals surface area contributed by atoms with Gasteiger partial charge in [-0.1, -0.05) is 51.4 Å². The van der Waals surface area contributed by atoms with Crippen LogP contribution >= 0.6 is 11.6 Å². The largest absolute Gasteiger partial charge is 0.492 e. The van der Waals surface area contributed by atoms with Gasteiger partial charge in [0.2, 0.25) is 0 Å². The van der Waals surface area contributed by atoms with Crippen LogP contribution < -0.4 is 10.1 Å². The number of hydrogen-bond donors (Lipinski definition) is 1. The van der Waals surface area contributed by atoms with Crippen LogP contribution in [-0.4, -0.2) is 12.6 Å². The van der Waals surface area contributed by atoms with Gasteiger partial charge in [0, 0.05) is 18.2 Å². The number of benzene rings is 1. The van der Waals surface area contributed by atoms with Crippen molar-refractivity contribution < 1.29 is 4.74 Å². The average molecular weight is 270 g/mol. The van der Waals surface area contributed by atoms with Crippen molar-refractivity contribution in [3.63, 3.8) is 0 Å². The molecule has 0 aliphatic carbocycles. The molecule has 1 aromatic carbocycles. The Hall–Kier alpha value is -0.730. The molecule has 0 aromatic heterocycles. The molecule has 3 heteroatoms. The Morgan fingerprint density at radius 2 is 1.94 bits per heavy atom. The molecule has 0 spiro atoms. The molecule has 0 aliphatic rings. The zero-order chi connectivity index (χ0) is 13.5. The molecule has 0 saturated carbocycles. The van der Waals surface area contributed by atoms with E-state index < -0.39 is 0 Å². The van der Waals surface area contributed by atoms with E-state index in [9.17, 15) is 0 Å². The smallest absolute Gasteiger partial charge is 0.142 e. The van der Waals surface area contributed by atoms with Gasteiger partial charge >= 0.3 is 0 Å². The summed E-state index contributed by atoms with van der Waals surface area (Å²) in [5.74, 6) is 1.47. The highest BCUT2D eigenvalue weighted by molar-refractivity contribution is 6.32. The molecule has 0 bridgehead atoms. The van der Waals surface area contributed by atoms with Crippen molar-refractivity contribution in [3.05, 3.63) is 28.8 Å². The molecule has 1 N–H and O–H groups in total. The number of halogens is 1. The molecule has 0 atom stereocenters. The number of nitrogens with one attached hydrogen (secondary N) is 1. The lowest BCUT2D eigenvalue weighted by Gasteiger charge is -2.15. The lowest BCUT2D eigenvalue weighted by atomic mass is 10.1. The van der Waals surface area contributed by atoms with Crippen molar-refractivity contribution in [2.24, 2.45) is 5.92 Å². The van der Waals surface area contributed by atoms with E-state index in [0.29, 0.717) is 17.0 Å². The topological polar surface area (TPSA) is 21.3 Å². The van der Waals surface area contributed by atoms with Crippen molar-refractivity contribution in [3.8, 4) is 5.75 Å². The zero-order valence-electron chi connectivity index (χ0n) is 11.8. The fourth-order valence-corrected chi connectivity index (χ4v) is 1.81. The number of hydrogen-bond acceptors (Lipinski definition) is 2. The highest BCUT2D eigenvalue weighted by Gasteiger charge is 2.09. The Labute approximate surface area is 116 Å². The van der Waals surface area contributed by atoms with Gasteiger partial charge in [-0.3, -0.25) is 0 Å². The van der Waals surface area contributed by atoms with E-state index in [1.54, 1.807) is 0 Å². The molecular formula is C15H24ClNO. The van der Waals surface area contributed by atoms with Crippen LogP contribution in [0.1, 0.15) is 39.7 Å². The van der Waals surface area contributed by atoms with Gasteiger partial charge < -0.3 is 10.1 Å². The molecule has 1 aromatic rings. The van der Waals surface area contributed by atoms with Crippen LogP contribution in [0.4, 0.5) is 0 Å². The van der Waals surface area contributed by atoms with Crippen LogP contribution in [-0.2, 0) is 6.54 Å². The number of para-hydroxylation sites is 1. The van der Waals surface area contributed by atoms with Gasteiger partial charge in [-0.05, 0) is 18.4 Å². The zero-order valence-corrected chi connectivity index (χ0v) is 12.6. The third-order valence-corrected chi connectivity index (χ3v) is 2.99. The third kappa shape index (κ3) is 5.28. The molecule has 2 nitrogen and oxygen atoms in total. The summed E-state index contributed by atoms with van der Waals surface area (Å²) in [7, 11) is 0. The minimum atomic E-state index is 0.451. The van der Waals surface area contributed by atoms with Gasteiger partial charge in [-0.2, -0.15) is 0 Å². The maximum Gasteiger partial charge on any atom is 0.142 e. The molecule has 0 amide bonds. The normalized spacial score (nSPS) is 11.3. The van der Waals surface area contributed by atoms with Crippen LogP contribution in [0.5, 0.6) is 5.75 Å². The maximum absolute atomic E-state index is 6.21. The van der Waals surface area contributed by atoms with E-state index >= 15 is 0 Å². The number of rotatable bonds is 7. The standard InChI is InChI=1S/C15H24ClNO/c1-11(2)8-9-18-15-13(10-17-12(3)4)6-5-7-14(15)16/h5-7,11-12,17H,8-10H2,1-4H3. The van der Waals surface area contributed by atoms with Crippen molar-refractivity contribution >= 4 is 11.6 Å². The molecule has 1 rings (SSSR count). The van der Waals surface area contributed by atoms with E-state index in [1.165, 1.54) is 0 Å². The summed E-state index contributed by atoms with van der Waals surface area (Å²) in [6, 6.07) is 6.36. The lowest BCUT2D eigenvalue weighted by molar-refractivity contribution is 0.286. The van der Waals surface area contributed by atoms with Gasteiger partial charge in [0.15, 0.2) is 0 Å². The fraction of sp³-hybridized carbons (Fsp3) is 0.600. The Morgan fingerprint density at radius 3 is 2.56 bits per heavy atom. The quantitative estimate of drug-likeness (QED) is 0.798. The first-order chi connectivity index (χ1) is 8.50. The van der Waals surface area contributed by atoms with Crippen molar-refractivity contribution in [2.75, 3.05) is 6.61 Å². The summed E-state index contributed by atoms with van der Waals surface area (Å²) in [6.45, 7) is 10.1. The summed E-state index contributed by atoms with van der Waals surface area (Å²) < 4.78 is 5.84. The predicted molar refractivity (Wildman–Crippen MR) is 78.4 cm³/mol. The van der Waals surface area contributed by atoms with Crippen molar-refractivity contribution in [2.45, 2.75) is 46.7 Å². The van der Waals surface area contributed by atoms with Gasteiger partial charge in [0.1, 0.15) is 5.75 Å². The second-order valence-electron chi connectivity index (χ2n) is 5.29. The maximum atomic E-state index is 6.21.